The van der Waals surface area contributed by atoms with E-state index >= 15 is 0 Å². The molecule has 3 N–H and O–H groups in total. The van der Waals surface area contributed by atoms with E-state index in [1.165, 1.54) is 11.8 Å². The summed E-state index contributed by atoms with van der Waals surface area (Å²) in [7, 11) is 0. The summed E-state index contributed by atoms with van der Waals surface area (Å²) in [4.78, 5) is 11.1. The van der Waals surface area contributed by atoms with Crippen LogP contribution in [0.5, 0.6) is 0 Å². The molecule has 0 aliphatic carbocycles. The van der Waals surface area contributed by atoms with E-state index in [2.05, 4.69) is 13.8 Å². The normalized spacial score (nSPS) is 16.2. The highest BCUT2D eigenvalue weighted by Crippen LogP contribution is 2.31. The summed E-state index contributed by atoms with van der Waals surface area (Å²) >= 11 is 1.46. The molecule has 0 saturated carbocycles. The van der Waals surface area contributed by atoms with Gasteiger partial charge >= 0.3 is 5.97 Å². The minimum Gasteiger partial charge on any atom is -0.480 e. The number of carboxylic acids is 1. The largest absolute Gasteiger partial charge is 0.480 e. The Bertz CT molecular complexity index is 224. The second-order valence-electron chi connectivity index (χ2n) is 5.81. The number of rotatable bonds is 6. The van der Waals surface area contributed by atoms with Crippen molar-refractivity contribution in [3.05, 3.63) is 0 Å². The molecule has 96 valence electrons. The number of nitrogens with two attached hydrogens (primary N) is 1. The third-order valence-electron chi connectivity index (χ3n) is 2.26. The molecular formula is C12H25NO2S. The van der Waals surface area contributed by atoms with Gasteiger partial charge in [-0.25, -0.2) is 0 Å². The smallest absolute Gasteiger partial charge is 0.317 e. The predicted octanol–water partition coefficient (Wildman–Crippen LogP) is 2.59. The van der Waals surface area contributed by atoms with Crippen LogP contribution in [0.4, 0.5) is 0 Å². The van der Waals surface area contributed by atoms with E-state index in [0.29, 0.717) is 11.7 Å². The highest BCUT2D eigenvalue weighted by molar-refractivity contribution is 8.00. The van der Waals surface area contributed by atoms with Gasteiger partial charge in [-0.15, -0.1) is 11.8 Å². The van der Waals surface area contributed by atoms with Crippen LogP contribution in [0, 0.1) is 11.3 Å². The standard InChI is InChI=1S/C12H25NO2S/c1-8(2)6-9(13)7-16-10(11(14)15)12(3,4)5/h8-10H,6-7,13H2,1-5H3,(H,14,15). The average Bonchev–Trinajstić information content (AvgIpc) is 1.98. The van der Waals surface area contributed by atoms with Gasteiger partial charge in [0, 0.05) is 11.8 Å². The van der Waals surface area contributed by atoms with Crippen LogP contribution in [0.1, 0.15) is 41.0 Å². The Morgan fingerprint density at radius 2 is 1.88 bits per heavy atom. The first-order chi connectivity index (χ1) is 7.14. The van der Waals surface area contributed by atoms with Crippen molar-refractivity contribution in [3.63, 3.8) is 0 Å². The number of hydrogen-bond donors (Lipinski definition) is 2. The lowest BCUT2D eigenvalue weighted by atomic mass is 9.92. The second-order valence-corrected chi connectivity index (χ2v) is 6.95. The molecule has 0 amide bonds. The summed E-state index contributed by atoms with van der Waals surface area (Å²) in [5.41, 5.74) is 5.72. The SMILES string of the molecule is CC(C)CC(N)CSC(C(=O)O)C(C)(C)C. The fraction of sp³-hybridized carbons (Fsp3) is 0.917. The molecule has 0 aromatic carbocycles. The molecule has 0 aromatic rings. The molecule has 0 aliphatic heterocycles. The van der Waals surface area contributed by atoms with Crippen LogP contribution < -0.4 is 5.73 Å². The van der Waals surface area contributed by atoms with Crippen LogP contribution in [0.3, 0.4) is 0 Å². The van der Waals surface area contributed by atoms with Crippen molar-refractivity contribution in [3.8, 4) is 0 Å². The van der Waals surface area contributed by atoms with Crippen LogP contribution in [-0.2, 0) is 4.79 Å². The van der Waals surface area contributed by atoms with Gasteiger partial charge in [0.25, 0.3) is 0 Å². The summed E-state index contributed by atoms with van der Waals surface area (Å²) in [6.07, 6.45) is 0.948. The van der Waals surface area contributed by atoms with Crippen molar-refractivity contribution in [1.29, 1.82) is 0 Å². The highest BCUT2D eigenvalue weighted by Gasteiger charge is 2.31. The Balaban J connectivity index is 4.19. The molecular weight excluding hydrogens is 222 g/mol. The van der Waals surface area contributed by atoms with Crippen molar-refractivity contribution in [1.82, 2.24) is 0 Å². The lowest BCUT2D eigenvalue weighted by Gasteiger charge is -2.27. The molecule has 0 heterocycles. The fourth-order valence-electron chi connectivity index (χ4n) is 1.59. The molecule has 0 aliphatic rings. The number of carboxylic acid groups (broad SMARTS) is 1. The van der Waals surface area contributed by atoms with Crippen LogP contribution in [-0.4, -0.2) is 28.1 Å². The predicted molar refractivity (Wildman–Crippen MR) is 70.8 cm³/mol. The molecule has 3 nitrogen and oxygen atoms in total. The molecule has 2 unspecified atom stereocenters. The highest BCUT2D eigenvalue weighted by atomic mass is 32.2. The maximum absolute atomic E-state index is 11.1. The van der Waals surface area contributed by atoms with Gasteiger partial charge in [-0.05, 0) is 17.8 Å². The van der Waals surface area contributed by atoms with Crippen molar-refractivity contribution < 1.29 is 9.90 Å². The molecule has 0 saturated heterocycles. The van der Waals surface area contributed by atoms with Gasteiger partial charge in [0.15, 0.2) is 0 Å². The minimum absolute atomic E-state index is 0.0919. The summed E-state index contributed by atoms with van der Waals surface area (Å²) in [5, 5.41) is 8.76. The Kier molecular flexibility index (Phi) is 6.41. The van der Waals surface area contributed by atoms with E-state index < -0.39 is 5.97 Å². The zero-order valence-corrected chi connectivity index (χ0v) is 11.8. The van der Waals surface area contributed by atoms with Gasteiger partial charge in [0.05, 0.1) is 0 Å². The van der Waals surface area contributed by atoms with Crippen molar-refractivity contribution >= 4 is 17.7 Å². The van der Waals surface area contributed by atoms with Crippen LogP contribution >= 0.6 is 11.8 Å². The fourth-order valence-corrected chi connectivity index (χ4v) is 2.80. The topological polar surface area (TPSA) is 63.3 Å². The Morgan fingerprint density at radius 1 is 1.38 bits per heavy atom. The van der Waals surface area contributed by atoms with Crippen molar-refractivity contribution in [2.45, 2.75) is 52.3 Å². The number of hydrogen-bond acceptors (Lipinski definition) is 3. The van der Waals surface area contributed by atoms with Gasteiger partial charge in [0.1, 0.15) is 5.25 Å². The Labute approximate surface area is 103 Å². The van der Waals surface area contributed by atoms with E-state index in [-0.39, 0.29) is 16.7 Å². The van der Waals surface area contributed by atoms with E-state index in [0.717, 1.165) is 6.42 Å². The van der Waals surface area contributed by atoms with E-state index in [4.69, 9.17) is 10.8 Å². The van der Waals surface area contributed by atoms with Crippen LogP contribution in [0.25, 0.3) is 0 Å². The monoisotopic (exact) mass is 247 g/mol. The zero-order chi connectivity index (χ0) is 12.9. The van der Waals surface area contributed by atoms with Crippen LogP contribution in [0.15, 0.2) is 0 Å². The summed E-state index contributed by atoms with van der Waals surface area (Å²) in [5.74, 6) is 0.537. The van der Waals surface area contributed by atoms with E-state index in [9.17, 15) is 4.79 Å². The first-order valence-corrected chi connectivity index (χ1v) is 6.79. The lowest BCUT2D eigenvalue weighted by Crippen LogP contribution is -2.34. The summed E-state index contributed by atoms with van der Waals surface area (Å²) in [6.45, 7) is 10.1. The van der Waals surface area contributed by atoms with Gasteiger partial charge in [-0.1, -0.05) is 34.6 Å². The molecule has 16 heavy (non-hydrogen) atoms. The maximum atomic E-state index is 11.1. The Morgan fingerprint density at radius 3 is 2.19 bits per heavy atom. The molecule has 2 atom stereocenters. The quantitative estimate of drug-likeness (QED) is 0.757. The van der Waals surface area contributed by atoms with Crippen LogP contribution in [0.2, 0.25) is 0 Å². The third-order valence-corrected chi connectivity index (χ3v) is 4.12. The van der Waals surface area contributed by atoms with E-state index in [1.807, 2.05) is 20.8 Å². The zero-order valence-electron chi connectivity index (χ0n) is 11.0. The first kappa shape index (κ1) is 15.8. The van der Waals surface area contributed by atoms with Gasteiger partial charge in [-0.3, -0.25) is 4.79 Å². The number of thioether (sulfide) groups is 1. The molecule has 0 fully saturated rings. The third kappa shape index (κ3) is 6.38. The number of carbonyl (C=O) groups is 1. The molecule has 4 heteroatoms. The second kappa shape index (κ2) is 6.50. The maximum Gasteiger partial charge on any atom is 0.317 e. The minimum atomic E-state index is -0.741. The average molecular weight is 247 g/mol. The van der Waals surface area contributed by atoms with Gasteiger partial charge in [-0.2, -0.15) is 0 Å². The molecule has 0 rings (SSSR count). The van der Waals surface area contributed by atoms with Crippen molar-refractivity contribution in [2.75, 3.05) is 5.75 Å². The lowest BCUT2D eigenvalue weighted by molar-refractivity contribution is -0.138. The number of aliphatic carboxylic acids is 1. The molecule has 0 radical (unpaired) electrons. The Hall–Kier alpha value is -0.220. The summed E-state index contributed by atoms with van der Waals surface area (Å²) < 4.78 is 0. The summed E-state index contributed by atoms with van der Waals surface area (Å²) in [6, 6.07) is 0.0919. The first-order valence-electron chi connectivity index (χ1n) is 5.74. The van der Waals surface area contributed by atoms with Gasteiger partial charge < -0.3 is 10.8 Å². The van der Waals surface area contributed by atoms with Crippen molar-refractivity contribution in [2.24, 2.45) is 17.1 Å². The molecule has 0 bridgehead atoms. The van der Waals surface area contributed by atoms with E-state index in [1.54, 1.807) is 0 Å². The molecule has 0 aromatic heterocycles. The molecule has 0 spiro atoms. The van der Waals surface area contributed by atoms with Gasteiger partial charge in [0.2, 0.25) is 0 Å².